The van der Waals surface area contributed by atoms with Crippen molar-refractivity contribution in [2.45, 2.75) is 24.1 Å². The Morgan fingerprint density at radius 3 is 2.61 bits per heavy atom. The summed E-state index contributed by atoms with van der Waals surface area (Å²) in [5.74, 6) is 0. The summed E-state index contributed by atoms with van der Waals surface area (Å²) in [6, 6.07) is 8.67. The van der Waals surface area contributed by atoms with Crippen molar-refractivity contribution in [2.24, 2.45) is 0 Å². The van der Waals surface area contributed by atoms with Gasteiger partial charge in [-0.15, -0.1) is 11.3 Å². The first kappa shape index (κ1) is 13.0. The maximum atomic E-state index is 6.21. The zero-order valence-corrected chi connectivity index (χ0v) is 13.5. The predicted molar refractivity (Wildman–Crippen MR) is 83.6 cm³/mol. The summed E-state index contributed by atoms with van der Waals surface area (Å²) in [6.07, 6.45) is 3.69. The normalized spacial score (nSPS) is 15.7. The minimum atomic E-state index is 0.125. The van der Waals surface area contributed by atoms with Crippen LogP contribution < -0.4 is 0 Å². The van der Waals surface area contributed by atoms with E-state index in [1.807, 2.05) is 6.07 Å². The van der Waals surface area contributed by atoms with Gasteiger partial charge >= 0.3 is 0 Å². The Morgan fingerprint density at radius 2 is 1.89 bits per heavy atom. The molecule has 1 aliphatic carbocycles. The van der Waals surface area contributed by atoms with E-state index in [4.69, 9.17) is 23.2 Å². The Kier molecular flexibility index (Phi) is 3.72. The van der Waals surface area contributed by atoms with Crippen LogP contribution in [0.3, 0.4) is 0 Å². The van der Waals surface area contributed by atoms with E-state index in [9.17, 15) is 0 Å². The van der Waals surface area contributed by atoms with Gasteiger partial charge in [0.2, 0.25) is 0 Å². The minimum absolute atomic E-state index is 0.125. The highest BCUT2D eigenvalue weighted by molar-refractivity contribution is 9.09. The largest absolute Gasteiger partial charge is 0.111 e. The standard InChI is InChI=1S/C14H11BrCl2S/c15-13(11-7-12(16)18-14(11)17)10-5-4-8-2-1-3-9(8)6-10/h4-7,13H,1-3H2. The average Bonchev–Trinajstić information content (AvgIpc) is 2.93. The Labute approximate surface area is 129 Å². The van der Waals surface area contributed by atoms with Crippen molar-refractivity contribution in [1.29, 1.82) is 0 Å². The lowest BCUT2D eigenvalue weighted by Crippen LogP contribution is -1.93. The molecule has 1 aromatic carbocycles. The fourth-order valence-electron chi connectivity index (χ4n) is 2.45. The molecule has 2 aromatic rings. The smallest absolute Gasteiger partial charge is 0.0990 e. The van der Waals surface area contributed by atoms with Gasteiger partial charge in [-0.25, -0.2) is 0 Å². The highest BCUT2D eigenvalue weighted by atomic mass is 79.9. The highest BCUT2D eigenvalue weighted by Crippen LogP contribution is 2.42. The van der Waals surface area contributed by atoms with Crippen LogP contribution >= 0.6 is 50.5 Å². The lowest BCUT2D eigenvalue weighted by Gasteiger charge is -2.11. The first-order valence-electron chi connectivity index (χ1n) is 5.85. The molecular weight excluding hydrogens is 351 g/mol. The van der Waals surface area contributed by atoms with Gasteiger partial charge in [-0.05, 0) is 42.0 Å². The topological polar surface area (TPSA) is 0 Å². The first-order valence-corrected chi connectivity index (χ1v) is 8.34. The van der Waals surface area contributed by atoms with Crippen LogP contribution in [0.1, 0.15) is 33.5 Å². The fourth-order valence-corrected chi connectivity index (χ4v) is 4.92. The Bertz CT molecular complexity index is 591. The summed E-state index contributed by atoms with van der Waals surface area (Å²) < 4.78 is 1.50. The number of aryl methyl sites for hydroxylation is 2. The van der Waals surface area contributed by atoms with Gasteiger partial charge in [-0.2, -0.15) is 0 Å². The monoisotopic (exact) mass is 360 g/mol. The summed E-state index contributed by atoms with van der Waals surface area (Å²) in [4.78, 5) is 0.125. The summed E-state index contributed by atoms with van der Waals surface area (Å²) in [7, 11) is 0. The first-order chi connectivity index (χ1) is 8.65. The van der Waals surface area contributed by atoms with Crippen molar-refractivity contribution in [3.05, 3.63) is 55.2 Å². The van der Waals surface area contributed by atoms with Crippen LogP contribution in [0.25, 0.3) is 0 Å². The zero-order chi connectivity index (χ0) is 12.7. The SMILES string of the molecule is Clc1cc(C(Br)c2ccc3c(c2)CCC3)c(Cl)s1. The maximum absolute atomic E-state index is 6.21. The Balaban J connectivity index is 1.97. The van der Waals surface area contributed by atoms with Crippen molar-refractivity contribution in [3.63, 3.8) is 0 Å². The molecule has 0 radical (unpaired) electrons. The van der Waals surface area contributed by atoms with Crippen molar-refractivity contribution >= 4 is 50.5 Å². The van der Waals surface area contributed by atoms with E-state index >= 15 is 0 Å². The molecule has 0 N–H and O–H groups in total. The van der Waals surface area contributed by atoms with Crippen LogP contribution in [0.5, 0.6) is 0 Å². The van der Waals surface area contributed by atoms with Crippen molar-refractivity contribution in [2.75, 3.05) is 0 Å². The molecule has 0 aliphatic heterocycles. The quantitative estimate of drug-likeness (QED) is 0.573. The number of hydrogen-bond donors (Lipinski definition) is 0. The van der Waals surface area contributed by atoms with E-state index < -0.39 is 0 Å². The molecule has 1 aromatic heterocycles. The minimum Gasteiger partial charge on any atom is -0.111 e. The molecule has 1 unspecified atom stereocenters. The van der Waals surface area contributed by atoms with Gasteiger partial charge in [-0.3, -0.25) is 0 Å². The predicted octanol–water partition coefficient (Wildman–Crippen LogP) is 6.03. The lowest BCUT2D eigenvalue weighted by atomic mass is 10.0. The van der Waals surface area contributed by atoms with Gasteiger partial charge in [0.1, 0.15) is 0 Å². The maximum Gasteiger partial charge on any atom is 0.0990 e. The molecule has 0 bridgehead atoms. The van der Waals surface area contributed by atoms with Crippen molar-refractivity contribution < 1.29 is 0 Å². The van der Waals surface area contributed by atoms with E-state index in [0.717, 1.165) is 14.2 Å². The van der Waals surface area contributed by atoms with Crippen LogP contribution in [0.2, 0.25) is 8.67 Å². The average molecular weight is 362 g/mol. The van der Waals surface area contributed by atoms with Crippen LogP contribution in [0.15, 0.2) is 24.3 Å². The number of benzene rings is 1. The number of thiophene rings is 1. The van der Waals surface area contributed by atoms with Crippen LogP contribution in [0.4, 0.5) is 0 Å². The zero-order valence-electron chi connectivity index (χ0n) is 9.55. The third-order valence-electron chi connectivity index (χ3n) is 3.37. The number of rotatable bonds is 2. The molecule has 0 spiro atoms. The molecule has 3 rings (SSSR count). The molecule has 1 aliphatic rings. The second-order valence-corrected chi connectivity index (χ2v) is 7.73. The van der Waals surface area contributed by atoms with Gasteiger partial charge in [0.15, 0.2) is 0 Å². The summed E-state index contributed by atoms with van der Waals surface area (Å²) in [6.45, 7) is 0. The third kappa shape index (κ3) is 2.36. The van der Waals surface area contributed by atoms with Gasteiger partial charge in [0, 0.05) is 5.56 Å². The molecule has 0 fully saturated rings. The van der Waals surface area contributed by atoms with E-state index in [0.29, 0.717) is 0 Å². The molecular formula is C14H11BrCl2S. The van der Waals surface area contributed by atoms with Crippen LogP contribution in [0, 0.1) is 0 Å². The number of alkyl halides is 1. The molecule has 1 atom stereocenters. The number of halogens is 3. The van der Waals surface area contributed by atoms with Crippen molar-refractivity contribution in [1.82, 2.24) is 0 Å². The Morgan fingerprint density at radius 1 is 1.11 bits per heavy atom. The second kappa shape index (κ2) is 5.16. The third-order valence-corrected chi connectivity index (χ3v) is 5.91. The van der Waals surface area contributed by atoms with Crippen molar-refractivity contribution in [3.8, 4) is 0 Å². The van der Waals surface area contributed by atoms with Gasteiger partial charge < -0.3 is 0 Å². The molecule has 0 saturated heterocycles. The van der Waals surface area contributed by atoms with Gasteiger partial charge in [0.05, 0.1) is 13.5 Å². The molecule has 0 saturated carbocycles. The highest BCUT2D eigenvalue weighted by Gasteiger charge is 2.19. The second-order valence-electron chi connectivity index (χ2n) is 4.52. The van der Waals surface area contributed by atoms with E-state index in [-0.39, 0.29) is 4.83 Å². The number of fused-ring (bicyclic) bond motifs is 1. The molecule has 0 amide bonds. The molecule has 0 nitrogen and oxygen atoms in total. The Hall–Kier alpha value is -0.0200. The molecule has 94 valence electrons. The summed E-state index contributed by atoms with van der Waals surface area (Å²) >= 11 is 17.4. The molecule has 18 heavy (non-hydrogen) atoms. The van der Waals surface area contributed by atoms with E-state index in [1.165, 1.54) is 47.3 Å². The van der Waals surface area contributed by atoms with Gasteiger partial charge in [-0.1, -0.05) is 57.3 Å². The van der Waals surface area contributed by atoms with E-state index in [1.54, 1.807) is 0 Å². The summed E-state index contributed by atoms with van der Waals surface area (Å²) in [5.41, 5.74) is 5.29. The van der Waals surface area contributed by atoms with E-state index in [2.05, 4.69) is 34.1 Å². The van der Waals surface area contributed by atoms with Crippen LogP contribution in [-0.2, 0) is 12.8 Å². The molecule has 1 heterocycles. The fraction of sp³-hybridized carbons (Fsp3) is 0.286. The van der Waals surface area contributed by atoms with Gasteiger partial charge in [0.25, 0.3) is 0 Å². The number of hydrogen-bond acceptors (Lipinski definition) is 1. The molecule has 4 heteroatoms. The summed E-state index contributed by atoms with van der Waals surface area (Å²) in [5, 5.41) is 0. The lowest BCUT2D eigenvalue weighted by molar-refractivity contribution is 0.911. The van der Waals surface area contributed by atoms with Crippen LogP contribution in [-0.4, -0.2) is 0 Å².